The van der Waals surface area contributed by atoms with Gasteiger partial charge in [-0.2, -0.15) is 0 Å². The van der Waals surface area contributed by atoms with Crippen molar-refractivity contribution >= 4 is 45.6 Å². The van der Waals surface area contributed by atoms with E-state index in [9.17, 15) is 4.79 Å². The first kappa shape index (κ1) is 27.5. The van der Waals surface area contributed by atoms with Crippen LogP contribution < -0.4 is 16.0 Å². The smallest absolute Gasteiger partial charge is 0.257 e. The second-order valence-corrected chi connectivity index (χ2v) is 11.3. The van der Waals surface area contributed by atoms with Crippen molar-refractivity contribution in [1.82, 2.24) is 34.9 Å². The first-order chi connectivity index (χ1) is 18.9. The highest BCUT2D eigenvalue weighted by Gasteiger charge is 2.35. The van der Waals surface area contributed by atoms with Crippen LogP contribution >= 0.6 is 22.9 Å². The maximum atomic E-state index is 13.0. The van der Waals surface area contributed by atoms with E-state index in [2.05, 4.69) is 37.2 Å². The Hall–Kier alpha value is -3.09. The monoisotopic (exact) mass is 570 g/mol. The summed E-state index contributed by atoms with van der Waals surface area (Å²) in [4.78, 5) is 33.6. The summed E-state index contributed by atoms with van der Waals surface area (Å²) in [5.74, 6) is 1.04. The van der Waals surface area contributed by atoms with Gasteiger partial charge in [0.1, 0.15) is 22.5 Å². The Morgan fingerprint density at radius 3 is 2.64 bits per heavy atom. The number of nitrogen functional groups attached to an aromatic ring is 1. The lowest BCUT2D eigenvalue weighted by molar-refractivity contribution is 0.0491. The minimum atomic E-state index is -0.0733. The highest BCUT2D eigenvalue weighted by atomic mass is 35.5. The highest BCUT2D eigenvalue weighted by molar-refractivity contribution is 7.18. The number of halogens is 1. The number of aryl methyl sites for hydroxylation is 1. The van der Waals surface area contributed by atoms with E-state index in [1.807, 2.05) is 24.9 Å². The number of nitrogens with one attached hydrogen (secondary N) is 1. The molecule has 0 spiro atoms. The minimum absolute atomic E-state index is 0.0733. The molecule has 0 aromatic carbocycles. The zero-order chi connectivity index (χ0) is 27.5. The molecule has 0 saturated carbocycles. The number of nitrogens with two attached hydrogens (primary N) is 1. The molecule has 39 heavy (non-hydrogen) atoms. The number of carbonyl (C=O) groups excluding carboxylic acids is 1. The third kappa shape index (κ3) is 5.92. The van der Waals surface area contributed by atoms with Crippen molar-refractivity contribution in [1.29, 1.82) is 0 Å². The van der Waals surface area contributed by atoms with Gasteiger partial charge in [0.2, 0.25) is 5.13 Å². The average Bonchev–Trinajstić information content (AvgIpc) is 3.41. The molecule has 3 N–H and O–H groups in total. The molecule has 11 nitrogen and oxygen atoms in total. The Bertz CT molecular complexity index is 1310. The van der Waals surface area contributed by atoms with Crippen molar-refractivity contribution in [2.24, 2.45) is 0 Å². The van der Waals surface area contributed by atoms with Gasteiger partial charge in [-0.1, -0.05) is 29.9 Å². The number of carbonyl (C=O) groups is 1. The van der Waals surface area contributed by atoms with Crippen LogP contribution in [0.15, 0.2) is 18.3 Å². The van der Waals surface area contributed by atoms with Crippen LogP contribution in [0.25, 0.3) is 10.7 Å². The number of anilines is 3. The third-order valence-corrected chi connectivity index (χ3v) is 8.65. The van der Waals surface area contributed by atoms with Gasteiger partial charge in [0.05, 0.1) is 17.5 Å². The Labute approximate surface area is 237 Å². The van der Waals surface area contributed by atoms with Crippen molar-refractivity contribution in [2.45, 2.75) is 52.1 Å². The number of rotatable bonds is 7. The summed E-state index contributed by atoms with van der Waals surface area (Å²) in [6.07, 6.45) is 4.73. The van der Waals surface area contributed by atoms with Crippen LogP contribution in [-0.4, -0.2) is 92.2 Å². The molecule has 5 heterocycles. The summed E-state index contributed by atoms with van der Waals surface area (Å²) < 4.78 is 0. The first-order valence-corrected chi connectivity index (χ1v) is 14.7. The number of nitrogens with zero attached hydrogens (tertiary/aromatic N) is 8. The average molecular weight is 571 g/mol. The van der Waals surface area contributed by atoms with E-state index in [1.54, 1.807) is 12.1 Å². The summed E-state index contributed by atoms with van der Waals surface area (Å²) in [5.41, 5.74) is 8.03. The number of amides is 1. The lowest BCUT2D eigenvalue weighted by Gasteiger charge is -2.47. The van der Waals surface area contributed by atoms with Crippen LogP contribution in [-0.2, 0) is 0 Å². The predicted octanol–water partition coefficient (Wildman–Crippen LogP) is 3.57. The molecule has 1 amide bonds. The molecule has 2 fully saturated rings. The molecule has 2 aliphatic heterocycles. The molecule has 2 saturated heterocycles. The lowest BCUT2D eigenvalue weighted by Crippen LogP contribution is -2.59. The Morgan fingerprint density at radius 2 is 1.95 bits per heavy atom. The van der Waals surface area contributed by atoms with Crippen molar-refractivity contribution in [3.05, 3.63) is 34.7 Å². The SMILES string of the molecule is CCNc1nnc(-c2cnc(N3CCN(C4CCN(C(=O)c5ccc(Cl)nc5N)CC4)[C@@H](CC)C3)c(C)n2)s1. The van der Waals surface area contributed by atoms with E-state index in [1.165, 1.54) is 11.3 Å². The van der Waals surface area contributed by atoms with E-state index >= 15 is 0 Å². The number of piperidine rings is 1. The number of aromatic nitrogens is 5. The van der Waals surface area contributed by atoms with Gasteiger partial charge in [0.15, 0.2) is 5.01 Å². The van der Waals surface area contributed by atoms with Gasteiger partial charge in [-0.25, -0.2) is 15.0 Å². The molecule has 3 aromatic heterocycles. The maximum Gasteiger partial charge on any atom is 0.257 e. The van der Waals surface area contributed by atoms with Crippen molar-refractivity contribution in [3.8, 4) is 10.7 Å². The minimum Gasteiger partial charge on any atom is -0.383 e. The van der Waals surface area contributed by atoms with Crippen LogP contribution in [0.5, 0.6) is 0 Å². The fraction of sp³-hybridized carbons (Fsp3) is 0.538. The molecule has 0 bridgehead atoms. The molecule has 1 atom stereocenters. The molecule has 13 heteroatoms. The highest BCUT2D eigenvalue weighted by Crippen LogP contribution is 2.30. The summed E-state index contributed by atoms with van der Waals surface area (Å²) in [6, 6.07) is 4.13. The van der Waals surface area contributed by atoms with Crippen molar-refractivity contribution in [3.63, 3.8) is 0 Å². The Morgan fingerprint density at radius 1 is 1.15 bits per heavy atom. The molecular weight excluding hydrogens is 536 g/mol. The van der Waals surface area contributed by atoms with Gasteiger partial charge in [0, 0.05) is 51.4 Å². The lowest BCUT2D eigenvalue weighted by atomic mass is 9.97. The quantitative estimate of drug-likeness (QED) is 0.407. The second kappa shape index (κ2) is 12.0. The van der Waals surface area contributed by atoms with E-state index in [4.69, 9.17) is 27.3 Å². The van der Waals surface area contributed by atoms with Gasteiger partial charge in [0.25, 0.3) is 5.91 Å². The molecule has 0 aliphatic carbocycles. The molecular formula is C26H35ClN10OS. The van der Waals surface area contributed by atoms with E-state index in [-0.39, 0.29) is 11.7 Å². The van der Waals surface area contributed by atoms with Gasteiger partial charge in [-0.15, -0.1) is 10.2 Å². The topological polar surface area (TPSA) is 129 Å². The summed E-state index contributed by atoms with van der Waals surface area (Å²) in [6.45, 7) is 11.2. The van der Waals surface area contributed by atoms with E-state index < -0.39 is 0 Å². The fourth-order valence-electron chi connectivity index (χ4n) is 5.55. The van der Waals surface area contributed by atoms with Crippen LogP contribution in [0.4, 0.5) is 16.8 Å². The Balaban J connectivity index is 1.20. The first-order valence-electron chi connectivity index (χ1n) is 13.5. The van der Waals surface area contributed by atoms with Crippen molar-refractivity contribution in [2.75, 3.05) is 55.2 Å². The molecule has 208 valence electrons. The van der Waals surface area contributed by atoms with Gasteiger partial charge in [-0.3, -0.25) is 9.69 Å². The predicted molar refractivity (Wildman–Crippen MR) is 155 cm³/mol. The van der Waals surface area contributed by atoms with E-state index in [0.29, 0.717) is 35.9 Å². The van der Waals surface area contributed by atoms with Gasteiger partial charge in [-0.05, 0) is 45.2 Å². The molecule has 0 unspecified atom stereocenters. The zero-order valence-corrected chi connectivity index (χ0v) is 24.2. The van der Waals surface area contributed by atoms with Crippen LogP contribution in [0, 0.1) is 6.92 Å². The largest absolute Gasteiger partial charge is 0.383 e. The number of hydrogen-bond donors (Lipinski definition) is 2. The second-order valence-electron chi connectivity index (χ2n) is 9.94. The maximum absolute atomic E-state index is 13.0. The van der Waals surface area contributed by atoms with Crippen molar-refractivity contribution < 1.29 is 4.79 Å². The molecule has 5 rings (SSSR count). The summed E-state index contributed by atoms with van der Waals surface area (Å²) in [7, 11) is 0. The summed E-state index contributed by atoms with van der Waals surface area (Å²) in [5, 5.41) is 13.5. The third-order valence-electron chi connectivity index (χ3n) is 7.53. The number of likely N-dealkylation sites (tertiary alicyclic amines) is 1. The number of pyridine rings is 1. The molecule has 2 aliphatic rings. The van der Waals surface area contributed by atoms with Crippen LogP contribution in [0.1, 0.15) is 49.2 Å². The number of hydrogen-bond acceptors (Lipinski definition) is 11. The fourth-order valence-corrected chi connectivity index (χ4v) is 6.47. The van der Waals surface area contributed by atoms with Crippen LogP contribution in [0.2, 0.25) is 5.15 Å². The Kier molecular flexibility index (Phi) is 8.43. The normalized spacial score (nSPS) is 18.9. The van der Waals surface area contributed by atoms with Crippen LogP contribution in [0.3, 0.4) is 0 Å². The standard InChI is InChI=1S/C26H35ClN10OS/c1-4-17-15-36(23-16(3)31-20(14-30-23)24-33-34-26(39-24)29-5-2)12-13-37(17)18-8-10-35(11-9-18)25(38)19-6-7-21(27)32-22(19)28/h6-7,14,17-18H,4-5,8-13,15H2,1-3H3,(H2,28,32)(H,29,34)/t17-/m0/s1. The molecule has 3 aromatic rings. The summed E-state index contributed by atoms with van der Waals surface area (Å²) >= 11 is 7.39. The molecule has 0 radical (unpaired) electrons. The van der Waals surface area contributed by atoms with E-state index in [0.717, 1.165) is 72.8 Å². The number of piperazine rings is 1. The van der Waals surface area contributed by atoms with Gasteiger partial charge >= 0.3 is 0 Å². The zero-order valence-electron chi connectivity index (χ0n) is 22.6. The van der Waals surface area contributed by atoms with Gasteiger partial charge < -0.3 is 20.9 Å².